The summed E-state index contributed by atoms with van der Waals surface area (Å²) in [5.74, 6) is 1.63. The number of hydrogen-bond donors (Lipinski definition) is 0. The first-order chi connectivity index (χ1) is 12.8. The number of aryl methyl sites for hydroxylation is 2. The smallest absolute Gasteiger partial charge is 0.0991 e. The molecule has 2 aromatic carbocycles. The summed E-state index contributed by atoms with van der Waals surface area (Å²) in [6, 6.07) is 19.8. The molecular formula is C25H31N. The van der Waals surface area contributed by atoms with E-state index >= 15 is 0 Å². The molecule has 0 radical (unpaired) electrons. The monoisotopic (exact) mass is 345 g/mol. The molecule has 0 bridgehead atoms. The summed E-state index contributed by atoms with van der Waals surface area (Å²) in [6.07, 6.45) is 11.6. The highest BCUT2D eigenvalue weighted by atomic mass is 14.3. The topological polar surface area (TPSA) is 23.8 Å². The zero-order valence-corrected chi connectivity index (χ0v) is 16.1. The summed E-state index contributed by atoms with van der Waals surface area (Å²) < 4.78 is 0. The van der Waals surface area contributed by atoms with Crippen molar-refractivity contribution in [3.05, 3.63) is 70.8 Å². The van der Waals surface area contributed by atoms with Crippen LogP contribution in [0.1, 0.15) is 80.0 Å². The Kier molecular flexibility index (Phi) is 6.89. The van der Waals surface area contributed by atoms with Crippen molar-refractivity contribution in [1.29, 1.82) is 5.26 Å². The van der Waals surface area contributed by atoms with Gasteiger partial charge in [0, 0.05) is 0 Å². The average Bonchev–Trinajstić information content (AvgIpc) is 2.72. The van der Waals surface area contributed by atoms with Crippen LogP contribution in [-0.2, 0) is 12.8 Å². The van der Waals surface area contributed by atoms with Gasteiger partial charge in [0.1, 0.15) is 0 Å². The Bertz CT molecular complexity index is 697. The van der Waals surface area contributed by atoms with Gasteiger partial charge in [0.15, 0.2) is 0 Å². The molecule has 26 heavy (non-hydrogen) atoms. The van der Waals surface area contributed by atoms with Crippen LogP contribution in [0.25, 0.3) is 0 Å². The molecule has 1 saturated carbocycles. The molecule has 0 N–H and O–H groups in total. The summed E-state index contributed by atoms with van der Waals surface area (Å²) in [5, 5.41) is 8.88. The minimum absolute atomic E-state index is 0.759. The molecule has 0 unspecified atom stereocenters. The highest BCUT2D eigenvalue weighted by Gasteiger charge is 2.22. The maximum atomic E-state index is 8.88. The average molecular weight is 346 g/mol. The summed E-state index contributed by atoms with van der Waals surface area (Å²) in [7, 11) is 0. The van der Waals surface area contributed by atoms with Gasteiger partial charge in [-0.15, -0.1) is 0 Å². The molecular weight excluding hydrogens is 314 g/mol. The third kappa shape index (κ3) is 5.21. The van der Waals surface area contributed by atoms with E-state index in [0.29, 0.717) is 0 Å². The second kappa shape index (κ2) is 9.58. The minimum atomic E-state index is 0.759. The fourth-order valence-corrected chi connectivity index (χ4v) is 4.24. The van der Waals surface area contributed by atoms with Crippen molar-refractivity contribution in [2.24, 2.45) is 5.92 Å². The zero-order valence-electron chi connectivity index (χ0n) is 16.1. The van der Waals surface area contributed by atoms with Crippen LogP contribution in [0.2, 0.25) is 0 Å². The Morgan fingerprint density at radius 3 is 2.08 bits per heavy atom. The van der Waals surface area contributed by atoms with Crippen LogP contribution in [0.4, 0.5) is 0 Å². The summed E-state index contributed by atoms with van der Waals surface area (Å²) in [5.41, 5.74) is 5.17. The first-order valence-corrected chi connectivity index (χ1v) is 10.4. The highest BCUT2D eigenvalue weighted by molar-refractivity contribution is 5.31. The number of hydrogen-bond acceptors (Lipinski definition) is 1. The Morgan fingerprint density at radius 1 is 0.846 bits per heavy atom. The van der Waals surface area contributed by atoms with Crippen LogP contribution >= 0.6 is 0 Å². The van der Waals surface area contributed by atoms with Gasteiger partial charge in [0.2, 0.25) is 0 Å². The summed E-state index contributed by atoms with van der Waals surface area (Å²) in [4.78, 5) is 0. The van der Waals surface area contributed by atoms with Crippen molar-refractivity contribution in [3.8, 4) is 6.07 Å². The number of nitrogens with zero attached hydrogens (tertiary/aromatic N) is 1. The molecule has 3 rings (SSSR count). The van der Waals surface area contributed by atoms with Crippen molar-refractivity contribution in [2.75, 3.05) is 0 Å². The fraction of sp³-hybridized carbons (Fsp3) is 0.480. The Balaban J connectivity index is 1.44. The molecule has 1 aliphatic carbocycles. The molecule has 1 nitrogen and oxygen atoms in total. The van der Waals surface area contributed by atoms with E-state index in [0.717, 1.165) is 23.8 Å². The predicted molar refractivity (Wildman–Crippen MR) is 109 cm³/mol. The molecule has 136 valence electrons. The SMILES string of the molecule is CCCCc1ccc([C@H]2CC[C@H](CCc3ccc(C#N)cc3)CC2)cc1. The number of rotatable bonds is 7. The molecule has 0 aliphatic heterocycles. The van der Waals surface area contributed by atoms with Gasteiger partial charge < -0.3 is 0 Å². The van der Waals surface area contributed by atoms with Crippen molar-refractivity contribution in [1.82, 2.24) is 0 Å². The minimum Gasteiger partial charge on any atom is -0.192 e. The van der Waals surface area contributed by atoms with Crippen molar-refractivity contribution in [2.45, 2.75) is 70.6 Å². The quantitative estimate of drug-likeness (QED) is 0.541. The number of unbranched alkanes of at least 4 members (excludes halogenated alkanes) is 1. The van der Waals surface area contributed by atoms with Crippen molar-refractivity contribution < 1.29 is 0 Å². The lowest BCUT2D eigenvalue weighted by Gasteiger charge is -2.29. The van der Waals surface area contributed by atoms with Crippen LogP contribution in [0.5, 0.6) is 0 Å². The molecule has 0 aromatic heterocycles. The molecule has 0 heterocycles. The first kappa shape index (κ1) is 18.7. The van der Waals surface area contributed by atoms with E-state index in [1.54, 1.807) is 5.56 Å². The predicted octanol–water partition coefficient (Wildman–Crippen LogP) is 6.81. The van der Waals surface area contributed by atoms with Crippen LogP contribution in [0, 0.1) is 17.2 Å². The lowest BCUT2D eigenvalue weighted by Crippen LogP contribution is -2.14. The second-order valence-corrected chi connectivity index (χ2v) is 7.91. The third-order valence-corrected chi connectivity index (χ3v) is 6.04. The van der Waals surface area contributed by atoms with E-state index in [9.17, 15) is 0 Å². The van der Waals surface area contributed by atoms with Crippen molar-refractivity contribution in [3.63, 3.8) is 0 Å². The van der Waals surface area contributed by atoms with Crippen LogP contribution in [-0.4, -0.2) is 0 Å². The van der Waals surface area contributed by atoms with Gasteiger partial charge in [0.25, 0.3) is 0 Å². The van der Waals surface area contributed by atoms with Gasteiger partial charge in [-0.25, -0.2) is 0 Å². The maximum absolute atomic E-state index is 8.88. The molecule has 0 amide bonds. The van der Waals surface area contributed by atoms with Crippen LogP contribution in [0.15, 0.2) is 48.5 Å². The van der Waals surface area contributed by atoms with E-state index in [2.05, 4.69) is 49.4 Å². The van der Waals surface area contributed by atoms with E-state index in [-0.39, 0.29) is 0 Å². The van der Waals surface area contributed by atoms with Gasteiger partial charge in [-0.1, -0.05) is 49.7 Å². The molecule has 1 aliphatic rings. The lowest BCUT2D eigenvalue weighted by molar-refractivity contribution is 0.310. The first-order valence-electron chi connectivity index (χ1n) is 10.4. The maximum Gasteiger partial charge on any atom is 0.0991 e. The Hall–Kier alpha value is -2.07. The largest absolute Gasteiger partial charge is 0.192 e. The fourth-order valence-electron chi connectivity index (χ4n) is 4.24. The van der Waals surface area contributed by atoms with Gasteiger partial charge in [-0.2, -0.15) is 5.26 Å². The normalized spacial score (nSPS) is 19.8. The van der Waals surface area contributed by atoms with Gasteiger partial charge in [-0.3, -0.25) is 0 Å². The number of nitriles is 1. The molecule has 0 spiro atoms. The van der Waals surface area contributed by atoms with Gasteiger partial charge in [0.05, 0.1) is 11.6 Å². The van der Waals surface area contributed by atoms with E-state index in [1.807, 2.05) is 12.1 Å². The lowest BCUT2D eigenvalue weighted by atomic mass is 9.77. The number of benzene rings is 2. The van der Waals surface area contributed by atoms with Gasteiger partial charge in [-0.05, 0) is 92.0 Å². The molecule has 2 aromatic rings. The molecule has 1 fully saturated rings. The van der Waals surface area contributed by atoms with E-state index in [4.69, 9.17) is 5.26 Å². The summed E-state index contributed by atoms with van der Waals surface area (Å²) >= 11 is 0. The Labute approximate surface area is 159 Å². The van der Waals surface area contributed by atoms with Gasteiger partial charge >= 0.3 is 0 Å². The highest BCUT2D eigenvalue weighted by Crippen LogP contribution is 2.37. The molecule has 0 atom stereocenters. The third-order valence-electron chi connectivity index (χ3n) is 6.04. The standard InChI is InChI=1S/C25H31N/c1-2-3-4-20-11-15-24(16-12-20)25-17-13-22(14-18-25)6-5-21-7-9-23(19-26)10-8-21/h7-12,15-16,22,25H,2-6,13-14,17-18H2,1H3/t22-,25-. The molecule has 1 heteroatoms. The Morgan fingerprint density at radius 2 is 1.46 bits per heavy atom. The zero-order chi connectivity index (χ0) is 18.2. The molecule has 0 saturated heterocycles. The summed E-state index contributed by atoms with van der Waals surface area (Å²) in [6.45, 7) is 2.26. The van der Waals surface area contributed by atoms with E-state index in [1.165, 1.54) is 62.5 Å². The second-order valence-electron chi connectivity index (χ2n) is 7.91. The van der Waals surface area contributed by atoms with Crippen LogP contribution < -0.4 is 0 Å². The van der Waals surface area contributed by atoms with Crippen molar-refractivity contribution >= 4 is 0 Å². The van der Waals surface area contributed by atoms with E-state index < -0.39 is 0 Å². The van der Waals surface area contributed by atoms with Crippen LogP contribution in [0.3, 0.4) is 0 Å².